The van der Waals surface area contributed by atoms with E-state index < -0.39 is 8.07 Å². The summed E-state index contributed by atoms with van der Waals surface area (Å²) in [4.78, 5) is 0. The van der Waals surface area contributed by atoms with Crippen LogP contribution in [0.5, 0.6) is 0 Å². The van der Waals surface area contributed by atoms with Crippen molar-refractivity contribution in [2.75, 3.05) is 0 Å². The van der Waals surface area contributed by atoms with Gasteiger partial charge < -0.3 is 37.2 Å². The summed E-state index contributed by atoms with van der Waals surface area (Å²) in [5.41, 5.74) is 20.2. The molecule has 1 aliphatic rings. The van der Waals surface area contributed by atoms with Crippen molar-refractivity contribution in [3.05, 3.63) is 181 Å². The molecule has 0 radical (unpaired) electrons. The fourth-order valence-corrected chi connectivity index (χ4v) is 17.5. The number of halogens is 3. The van der Waals surface area contributed by atoms with E-state index in [0.29, 0.717) is 0 Å². The van der Waals surface area contributed by atoms with Gasteiger partial charge in [0.2, 0.25) is 0 Å². The molecule has 0 saturated carbocycles. The van der Waals surface area contributed by atoms with Gasteiger partial charge in [-0.15, -0.1) is 0 Å². The summed E-state index contributed by atoms with van der Waals surface area (Å²) < 4.78 is 1.49. The first kappa shape index (κ1) is 45.3. The van der Waals surface area contributed by atoms with Crippen molar-refractivity contribution in [3.8, 4) is 33.4 Å². The van der Waals surface area contributed by atoms with E-state index in [1.54, 1.807) is 0 Å². The molecule has 0 heterocycles. The van der Waals surface area contributed by atoms with Crippen molar-refractivity contribution < 1.29 is 57.7 Å². The number of aryl methyl sites for hydroxylation is 6. The van der Waals surface area contributed by atoms with E-state index in [1.165, 1.54) is 103 Å². The Labute approximate surface area is 367 Å². The third kappa shape index (κ3) is 7.19. The molecule has 0 spiro atoms. The standard InChI is InChI=1S/C51H51Si.3ClH.Ti/c1-33-26-45(42-20-14-11-15-21-42)48(29-36(33)4)52(51(10)32-39(7)40(8)41(51)9,49-30-37(5)34(2)27-46(49)43-22-16-12-17-23-43)50-31-38(6)35(3)28-47(50)44-24-18-13-19-25-44;;;;/h11-31H,1-10H3;3*1H;/q;;;;+3/p-3. The molecule has 5 heteroatoms. The summed E-state index contributed by atoms with van der Waals surface area (Å²) in [6.45, 7) is 23.6. The Morgan fingerprint density at radius 1 is 0.393 bits per heavy atom. The van der Waals surface area contributed by atoms with E-state index in [2.05, 4.69) is 217 Å². The van der Waals surface area contributed by atoms with Gasteiger partial charge in [0, 0.05) is 0 Å². The number of hydrogen-bond acceptors (Lipinski definition) is 0. The van der Waals surface area contributed by atoms with Crippen LogP contribution in [-0.2, 0) is 20.4 Å². The molecule has 0 bridgehead atoms. The molecular weight excluding hydrogens is 795 g/mol. The second-order valence-corrected chi connectivity index (χ2v) is 20.6. The zero-order chi connectivity index (χ0) is 37.8. The SMILES string of the molecule is CC1=C(C)C(C)([Si](c2cc(C)c(C)cc2-c2ccccc2)(c2cc(C)c(C)cc2-c2ccccc2)c2cc(C)c(C)cc2-c2ccccc2)[C]([Ti+3])=C1C.[Cl-].[Cl-].[Cl-]. The predicted molar refractivity (Wildman–Crippen MR) is 228 cm³/mol. The predicted octanol–water partition coefficient (Wildman–Crippen LogP) is 2.95. The molecule has 1 unspecified atom stereocenters. The Hall–Kier alpha value is -3.40. The summed E-state index contributed by atoms with van der Waals surface area (Å²) in [5.74, 6) is 0. The number of allylic oxidation sites excluding steroid dienone is 4. The molecule has 0 amide bonds. The first-order chi connectivity index (χ1) is 25.3. The molecular formula is C51H51Cl3SiTi. The van der Waals surface area contributed by atoms with Crippen LogP contribution in [0.15, 0.2) is 148 Å². The Morgan fingerprint density at radius 3 is 0.911 bits per heavy atom. The third-order valence-electron chi connectivity index (χ3n) is 12.9. The molecule has 7 rings (SSSR count). The van der Waals surface area contributed by atoms with Crippen LogP contribution >= 0.6 is 0 Å². The van der Waals surface area contributed by atoms with Gasteiger partial charge >= 0.3 is 333 Å². The summed E-state index contributed by atoms with van der Waals surface area (Å²) in [7, 11) is -3.29. The molecule has 6 aromatic carbocycles. The van der Waals surface area contributed by atoms with Crippen LogP contribution < -0.4 is 52.8 Å². The van der Waals surface area contributed by atoms with Crippen molar-refractivity contribution >= 4 is 23.6 Å². The maximum atomic E-state index is 2.63. The minimum Gasteiger partial charge on any atom is -1.00 e. The Kier molecular flexibility index (Phi) is 14.3. The molecule has 1 aliphatic carbocycles. The van der Waals surface area contributed by atoms with Gasteiger partial charge in [0.25, 0.3) is 0 Å². The van der Waals surface area contributed by atoms with Crippen LogP contribution in [0.4, 0.5) is 0 Å². The molecule has 1 atom stereocenters. The molecule has 0 saturated heterocycles. The van der Waals surface area contributed by atoms with Gasteiger partial charge in [-0.1, -0.05) is 0 Å². The molecule has 284 valence electrons. The normalized spacial score (nSPS) is 15.3. The summed E-state index contributed by atoms with van der Waals surface area (Å²) in [6, 6.07) is 49.0. The zero-order valence-corrected chi connectivity index (χ0v) is 39.1. The average Bonchev–Trinajstić information content (AvgIpc) is 3.32. The molecule has 0 aromatic heterocycles. The molecule has 0 fully saturated rings. The van der Waals surface area contributed by atoms with Gasteiger partial charge in [-0.25, -0.2) is 0 Å². The van der Waals surface area contributed by atoms with E-state index in [9.17, 15) is 0 Å². The molecule has 6 aromatic rings. The number of hydrogen-bond donors (Lipinski definition) is 0. The van der Waals surface area contributed by atoms with Crippen molar-refractivity contribution in [2.24, 2.45) is 0 Å². The monoisotopic (exact) mass is 844 g/mol. The van der Waals surface area contributed by atoms with Crippen LogP contribution in [0.2, 0.25) is 5.04 Å². The quantitative estimate of drug-likeness (QED) is 0.172. The van der Waals surface area contributed by atoms with E-state index in [-0.39, 0.29) is 42.3 Å². The van der Waals surface area contributed by atoms with Crippen LogP contribution in [-0.4, -0.2) is 8.07 Å². The van der Waals surface area contributed by atoms with Crippen LogP contribution in [0, 0.1) is 41.5 Å². The second kappa shape index (κ2) is 17.6. The summed E-state index contributed by atoms with van der Waals surface area (Å²) >= 11 is 2.45. The Morgan fingerprint density at radius 2 is 0.661 bits per heavy atom. The van der Waals surface area contributed by atoms with E-state index in [0.717, 1.165) is 0 Å². The van der Waals surface area contributed by atoms with Crippen molar-refractivity contribution in [3.63, 3.8) is 0 Å². The van der Waals surface area contributed by atoms with E-state index in [4.69, 9.17) is 0 Å². The first-order valence-corrected chi connectivity index (χ1v) is 21.7. The van der Waals surface area contributed by atoms with Crippen molar-refractivity contribution in [1.82, 2.24) is 0 Å². The minimum atomic E-state index is -3.29. The van der Waals surface area contributed by atoms with Crippen molar-refractivity contribution in [2.45, 2.75) is 74.3 Å². The summed E-state index contributed by atoms with van der Waals surface area (Å²) in [5, 5.41) is 4.15. The van der Waals surface area contributed by atoms with Gasteiger partial charge in [-0.2, -0.15) is 0 Å². The van der Waals surface area contributed by atoms with Crippen LogP contribution in [0.1, 0.15) is 61.1 Å². The van der Waals surface area contributed by atoms with E-state index in [1.807, 2.05) is 0 Å². The fraction of sp³-hybridized carbons (Fsp3) is 0.216. The first-order valence-electron chi connectivity index (χ1n) is 18.9. The van der Waals surface area contributed by atoms with Gasteiger partial charge in [0.1, 0.15) is 0 Å². The molecule has 0 aliphatic heterocycles. The maximum absolute atomic E-state index is 3.29. The Balaban J connectivity index is 0.00000232. The van der Waals surface area contributed by atoms with Crippen LogP contribution in [0.3, 0.4) is 0 Å². The second-order valence-electron chi connectivity index (χ2n) is 15.7. The van der Waals surface area contributed by atoms with Gasteiger partial charge in [-0.05, 0) is 0 Å². The topological polar surface area (TPSA) is 0 Å². The smallest absolute Gasteiger partial charge is 1.00 e. The van der Waals surface area contributed by atoms with Gasteiger partial charge in [0.05, 0.1) is 0 Å². The van der Waals surface area contributed by atoms with E-state index >= 15 is 0 Å². The fourth-order valence-electron chi connectivity index (χ4n) is 9.07. The van der Waals surface area contributed by atoms with Crippen molar-refractivity contribution in [1.29, 1.82) is 0 Å². The summed E-state index contributed by atoms with van der Waals surface area (Å²) in [6.07, 6.45) is 0. The average molecular weight is 846 g/mol. The van der Waals surface area contributed by atoms with Crippen LogP contribution in [0.25, 0.3) is 33.4 Å². The molecule has 56 heavy (non-hydrogen) atoms. The maximum Gasteiger partial charge on any atom is -1.00 e. The largest absolute Gasteiger partial charge is 1.00 e. The third-order valence-corrected chi connectivity index (χ3v) is 20.4. The minimum absolute atomic E-state index is 0. The molecule has 0 nitrogen and oxygen atoms in total. The number of benzene rings is 6. The van der Waals surface area contributed by atoms with Gasteiger partial charge in [-0.3, -0.25) is 0 Å². The number of rotatable bonds is 7. The zero-order valence-electron chi connectivity index (χ0n) is 34.3. The molecule has 0 N–H and O–H groups in total. The Bertz CT molecular complexity index is 2200. The van der Waals surface area contributed by atoms with Gasteiger partial charge in [0.15, 0.2) is 0 Å².